The van der Waals surface area contributed by atoms with Gasteiger partial charge in [0, 0.05) is 12.5 Å². The molecule has 1 rings (SSSR count). The normalized spacial score (nSPS) is 20.3. The topological polar surface area (TPSA) is 58.2 Å². The van der Waals surface area contributed by atoms with Crippen LogP contribution in [0.3, 0.4) is 0 Å². The van der Waals surface area contributed by atoms with Crippen LogP contribution in [0.2, 0.25) is 0 Å². The van der Waals surface area contributed by atoms with E-state index in [1.54, 1.807) is 6.08 Å². The second-order valence-corrected chi connectivity index (χ2v) is 4.86. The molecule has 1 aliphatic heterocycles. The van der Waals surface area contributed by atoms with Gasteiger partial charge < -0.3 is 10.6 Å². The number of unbranched alkanes of at least 4 members (excludes halogenated alkanes) is 3. The van der Waals surface area contributed by atoms with Gasteiger partial charge in [-0.1, -0.05) is 38.7 Å². The third-order valence-corrected chi connectivity index (χ3v) is 3.29. The van der Waals surface area contributed by atoms with Gasteiger partial charge >= 0.3 is 0 Å². The van der Waals surface area contributed by atoms with Crippen molar-refractivity contribution in [1.29, 1.82) is 0 Å². The Morgan fingerprint density at radius 2 is 2.33 bits per heavy atom. The fourth-order valence-corrected chi connectivity index (χ4v) is 2.13. The third-order valence-electron chi connectivity index (χ3n) is 3.29. The van der Waals surface area contributed by atoms with Crippen molar-refractivity contribution in [3.8, 4) is 0 Å². The van der Waals surface area contributed by atoms with Crippen molar-refractivity contribution in [1.82, 2.24) is 10.6 Å². The average molecular weight is 252 g/mol. The Balaban J connectivity index is 2.26. The second-order valence-electron chi connectivity index (χ2n) is 4.86. The zero-order chi connectivity index (χ0) is 13.4. The number of nitrogens with one attached hydrogen (secondary N) is 2. The smallest absolute Gasteiger partial charge is 0.243 e. The lowest BCUT2D eigenvalue weighted by Crippen LogP contribution is -2.45. The minimum absolute atomic E-state index is 0.0202. The van der Waals surface area contributed by atoms with Crippen LogP contribution < -0.4 is 10.6 Å². The molecule has 1 saturated heterocycles. The molecule has 2 atom stereocenters. The molecule has 0 bridgehead atoms. The molecule has 2 unspecified atom stereocenters. The Hall–Kier alpha value is -1.32. The summed E-state index contributed by atoms with van der Waals surface area (Å²) in [5, 5.41) is 5.61. The van der Waals surface area contributed by atoms with Crippen LogP contribution in [-0.2, 0) is 9.59 Å². The Labute approximate surface area is 109 Å². The highest BCUT2D eigenvalue weighted by atomic mass is 16.2. The van der Waals surface area contributed by atoms with E-state index in [4.69, 9.17) is 0 Å². The Bertz CT molecular complexity index is 302. The molecular weight excluding hydrogens is 228 g/mol. The van der Waals surface area contributed by atoms with Crippen molar-refractivity contribution in [3.63, 3.8) is 0 Å². The van der Waals surface area contributed by atoms with Gasteiger partial charge in [-0.3, -0.25) is 9.59 Å². The SMILES string of the molecule is C=CC(CCCCCC)NC(=O)C1CCC(=O)N1. The number of hydrogen-bond acceptors (Lipinski definition) is 2. The molecular formula is C14H24N2O2. The largest absolute Gasteiger partial charge is 0.348 e. The standard InChI is InChI=1S/C14H24N2O2/c1-3-5-6-7-8-11(4-2)15-14(18)12-9-10-13(17)16-12/h4,11-12H,2-3,5-10H2,1H3,(H,15,18)(H,16,17). The van der Waals surface area contributed by atoms with Gasteiger partial charge in [0.15, 0.2) is 0 Å². The Morgan fingerprint density at radius 1 is 1.56 bits per heavy atom. The van der Waals surface area contributed by atoms with E-state index in [2.05, 4.69) is 24.1 Å². The van der Waals surface area contributed by atoms with Crippen LogP contribution in [-0.4, -0.2) is 23.9 Å². The van der Waals surface area contributed by atoms with Gasteiger partial charge in [-0.15, -0.1) is 6.58 Å². The monoisotopic (exact) mass is 252 g/mol. The lowest BCUT2D eigenvalue weighted by molar-refractivity contribution is -0.126. The van der Waals surface area contributed by atoms with E-state index in [1.807, 2.05) is 0 Å². The van der Waals surface area contributed by atoms with Gasteiger partial charge in [0.25, 0.3) is 0 Å². The van der Waals surface area contributed by atoms with Crippen molar-refractivity contribution in [2.45, 2.75) is 64.0 Å². The molecule has 2 N–H and O–H groups in total. The first kappa shape index (κ1) is 14.7. The summed E-state index contributed by atoms with van der Waals surface area (Å²) >= 11 is 0. The van der Waals surface area contributed by atoms with E-state index in [0.717, 1.165) is 12.8 Å². The van der Waals surface area contributed by atoms with Crippen molar-refractivity contribution >= 4 is 11.8 Å². The Morgan fingerprint density at radius 3 is 2.89 bits per heavy atom. The number of carbonyl (C=O) groups is 2. The van der Waals surface area contributed by atoms with Gasteiger partial charge in [-0.2, -0.15) is 0 Å². The summed E-state index contributed by atoms with van der Waals surface area (Å²) in [5.74, 6) is -0.116. The van der Waals surface area contributed by atoms with E-state index < -0.39 is 0 Å². The lowest BCUT2D eigenvalue weighted by Gasteiger charge is -2.17. The Kier molecular flexibility index (Phi) is 6.47. The lowest BCUT2D eigenvalue weighted by atomic mass is 10.1. The van der Waals surface area contributed by atoms with E-state index in [-0.39, 0.29) is 23.9 Å². The molecule has 4 nitrogen and oxygen atoms in total. The van der Waals surface area contributed by atoms with Crippen LogP contribution in [0.5, 0.6) is 0 Å². The first-order valence-corrected chi connectivity index (χ1v) is 6.89. The maximum atomic E-state index is 11.9. The molecule has 0 spiro atoms. The molecule has 4 heteroatoms. The molecule has 1 aliphatic rings. The van der Waals surface area contributed by atoms with E-state index in [1.165, 1.54) is 19.3 Å². The molecule has 102 valence electrons. The highest BCUT2D eigenvalue weighted by molar-refractivity contribution is 5.90. The third kappa shape index (κ3) is 4.90. The maximum Gasteiger partial charge on any atom is 0.243 e. The number of hydrogen-bond donors (Lipinski definition) is 2. The van der Waals surface area contributed by atoms with Crippen LogP contribution in [0.15, 0.2) is 12.7 Å². The summed E-state index contributed by atoms with van der Waals surface area (Å²) in [7, 11) is 0. The van der Waals surface area contributed by atoms with Crippen molar-refractivity contribution in [3.05, 3.63) is 12.7 Å². The quantitative estimate of drug-likeness (QED) is 0.512. The van der Waals surface area contributed by atoms with Crippen LogP contribution in [0.25, 0.3) is 0 Å². The minimum atomic E-state index is -0.351. The van der Waals surface area contributed by atoms with E-state index in [9.17, 15) is 9.59 Å². The maximum absolute atomic E-state index is 11.9. The number of amides is 2. The highest BCUT2D eigenvalue weighted by Crippen LogP contribution is 2.09. The van der Waals surface area contributed by atoms with Crippen LogP contribution in [0.4, 0.5) is 0 Å². The summed E-state index contributed by atoms with van der Waals surface area (Å²) < 4.78 is 0. The highest BCUT2D eigenvalue weighted by Gasteiger charge is 2.27. The summed E-state index contributed by atoms with van der Waals surface area (Å²) in [6.07, 6.45) is 8.49. The summed E-state index contributed by atoms with van der Waals surface area (Å²) in [6.45, 7) is 5.93. The predicted molar refractivity (Wildman–Crippen MR) is 72.1 cm³/mol. The van der Waals surface area contributed by atoms with Crippen LogP contribution in [0.1, 0.15) is 51.9 Å². The van der Waals surface area contributed by atoms with Gasteiger partial charge in [0.2, 0.25) is 11.8 Å². The molecule has 0 saturated carbocycles. The molecule has 2 amide bonds. The van der Waals surface area contributed by atoms with Crippen LogP contribution >= 0.6 is 0 Å². The number of carbonyl (C=O) groups excluding carboxylic acids is 2. The fraction of sp³-hybridized carbons (Fsp3) is 0.714. The first-order chi connectivity index (χ1) is 8.67. The van der Waals surface area contributed by atoms with Gasteiger partial charge in [-0.25, -0.2) is 0 Å². The second kappa shape index (κ2) is 7.90. The minimum Gasteiger partial charge on any atom is -0.348 e. The molecule has 0 aromatic heterocycles. The average Bonchev–Trinajstić information content (AvgIpc) is 2.79. The molecule has 18 heavy (non-hydrogen) atoms. The summed E-state index contributed by atoms with van der Waals surface area (Å²) in [6, 6.07) is -0.331. The van der Waals surface area contributed by atoms with Gasteiger partial charge in [0.1, 0.15) is 6.04 Å². The van der Waals surface area contributed by atoms with Crippen molar-refractivity contribution in [2.75, 3.05) is 0 Å². The van der Waals surface area contributed by atoms with Crippen molar-refractivity contribution in [2.24, 2.45) is 0 Å². The molecule has 0 radical (unpaired) electrons. The van der Waals surface area contributed by atoms with Gasteiger partial charge in [0.05, 0.1) is 0 Å². The molecule has 1 fully saturated rings. The van der Waals surface area contributed by atoms with E-state index in [0.29, 0.717) is 12.8 Å². The van der Waals surface area contributed by atoms with Crippen molar-refractivity contribution < 1.29 is 9.59 Å². The van der Waals surface area contributed by atoms with Crippen LogP contribution in [0, 0.1) is 0 Å². The summed E-state index contributed by atoms with van der Waals surface area (Å²) in [5.41, 5.74) is 0. The molecule has 1 heterocycles. The predicted octanol–water partition coefficient (Wildman–Crippen LogP) is 1.91. The van der Waals surface area contributed by atoms with Gasteiger partial charge in [-0.05, 0) is 12.8 Å². The summed E-state index contributed by atoms with van der Waals surface area (Å²) in [4.78, 5) is 22.9. The van der Waals surface area contributed by atoms with E-state index >= 15 is 0 Å². The number of rotatable bonds is 8. The fourth-order valence-electron chi connectivity index (χ4n) is 2.13. The zero-order valence-electron chi connectivity index (χ0n) is 11.2. The molecule has 0 aromatic rings. The molecule has 0 aromatic carbocycles. The molecule has 0 aliphatic carbocycles. The first-order valence-electron chi connectivity index (χ1n) is 6.89. The zero-order valence-corrected chi connectivity index (χ0v) is 11.2.